The number of para-hydroxylation sites is 1. The van der Waals surface area contributed by atoms with Gasteiger partial charge in [-0.25, -0.2) is 4.98 Å². The molecule has 32 heavy (non-hydrogen) atoms. The number of rotatable bonds is 4. The molecule has 0 radical (unpaired) electrons. The minimum absolute atomic E-state index is 0.255. The highest BCUT2D eigenvalue weighted by molar-refractivity contribution is 6.07. The molecule has 3 N–H and O–H groups in total. The quantitative estimate of drug-likeness (QED) is 0.549. The highest BCUT2D eigenvalue weighted by Gasteiger charge is 2.25. The minimum Gasteiger partial charge on any atom is -0.344 e. The van der Waals surface area contributed by atoms with Gasteiger partial charge >= 0.3 is 0 Å². The Kier molecular flexibility index (Phi) is 6.58. The molecule has 0 aliphatic heterocycles. The van der Waals surface area contributed by atoms with Crippen LogP contribution in [0.4, 0.5) is 0 Å². The van der Waals surface area contributed by atoms with Crippen molar-refractivity contribution in [2.75, 3.05) is 0 Å². The summed E-state index contributed by atoms with van der Waals surface area (Å²) in [6, 6.07) is 16.1. The van der Waals surface area contributed by atoms with E-state index in [1.54, 1.807) is 33.8 Å². The molecule has 7 nitrogen and oxygen atoms in total. The molecule has 1 atom stereocenters. The molecular formula is C25H28N4O3. The van der Waals surface area contributed by atoms with Crippen molar-refractivity contribution in [1.29, 1.82) is 0 Å². The number of hydrogen-bond acceptors (Lipinski definition) is 4. The van der Waals surface area contributed by atoms with Crippen LogP contribution in [0.3, 0.4) is 0 Å². The van der Waals surface area contributed by atoms with Crippen LogP contribution in [0.25, 0.3) is 22.2 Å². The predicted molar refractivity (Wildman–Crippen MR) is 125 cm³/mol. The zero-order valence-electron chi connectivity index (χ0n) is 18.9. The number of pyridine rings is 1. The minimum atomic E-state index is -0.806. The second-order valence-corrected chi connectivity index (χ2v) is 8.83. The van der Waals surface area contributed by atoms with Crippen LogP contribution in [0.15, 0.2) is 54.6 Å². The third-order valence-electron chi connectivity index (χ3n) is 5.03. The number of amides is 3. The van der Waals surface area contributed by atoms with Crippen molar-refractivity contribution in [2.45, 2.75) is 40.7 Å². The number of hydrazine groups is 1. The van der Waals surface area contributed by atoms with E-state index in [0.717, 1.165) is 11.1 Å². The van der Waals surface area contributed by atoms with E-state index in [2.05, 4.69) is 21.2 Å². The Balaban J connectivity index is 1.81. The first-order valence-corrected chi connectivity index (χ1v) is 10.4. The van der Waals surface area contributed by atoms with Crippen LogP contribution in [0, 0.1) is 12.3 Å². The second-order valence-electron chi connectivity index (χ2n) is 8.83. The van der Waals surface area contributed by atoms with E-state index in [4.69, 9.17) is 0 Å². The zero-order chi connectivity index (χ0) is 23.5. The smallest absolute Gasteiger partial charge is 0.270 e. The van der Waals surface area contributed by atoms with Gasteiger partial charge in [0.05, 0.1) is 16.8 Å². The monoisotopic (exact) mass is 432 g/mol. The van der Waals surface area contributed by atoms with Gasteiger partial charge in [0.2, 0.25) is 5.91 Å². The molecule has 1 unspecified atom stereocenters. The summed E-state index contributed by atoms with van der Waals surface area (Å²) in [7, 11) is 0. The summed E-state index contributed by atoms with van der Waals surface area (Å²) in [4.78, 5) is 42.1. The van der Waals surface area contributed by atoms with Gasteiger partial charge in [-0.3, -0.25) is 25.2 Å². The van der Waals surface area contributed by atoms with Crippen molar-refractivity contribution in [3.8, 4) is 11.3 Å². The Morgan fingerprint density at radius 1 is 0.938 bits per heavy atom. The maximum atomic E-state index is 13.0. The molecule has 3 rings (SSSR count). The molecule has 3 aromatic rings. The maximum absolute atomic E-state index is 13.0. The van der Waals surface area contributed by atoms with E-state index < -0.39 is 23.3 Å². The number of benzene rings is 2. The molecule has 2 aromatic carbocycles. The van der Waals surface area contributed by atoms with Crippen molar-refractivity contribution >= 4 is 28.6 Å². The Morgan fingerprint density at radius 2 is 1.59 bits per heavy atom. The zero-order valence-corrected chi connectivity index (χ0v) is 18.9. The summed E-state index contributed by atoms with van der Waals surface area (Å²) >= 11 is 0. The standard InChI is InChI=1S/C25H28N4O3/c1-15-10-12-17(13-11-15)21-14-19(18-8-6-7-9-20(18)27-21)23(31)29-28-22(30)16(2)26-24(32)25(3,4)5/h6-14,16H,1-5H3,(H,26,32)(H,28,30)(H,29,31). The van der Waals surface area contributed by atoms with E-state index in [9.17, 15) is 14.4 Å². The van der Waals surface area contributed by atoms with Crippen LogP contribution in [0.1, 0.15) is 43.6 Å². The van der Waals surface area contributed by atoms with Crippen LogP contribution in [0.5, 0.6) is 0 Å². The van der Waals surface area contributed by atoms with Gasteiger partial charge in [-0.1, -0.05) is 68.8 Å². The highest BCUT2D eigenvalue weighted by Crippen LogP contribution is 2.25. The van der Waals surface area contributed by atoms with Gasteiger partial charge in [0.1, 0.15) is 6.04 Å². The molecule has 166 valence electrons. The fourth-order valence-electron chi connectivity index (χ4n) is 3.01. The van der Waals surface area contributed by atoms with Gasteiger partial charge in [0.15, 0.2) is 0 Å². The first kappa shape index (κ1) is 22.9. The van der Waals surface area contributed by atoms with Crippen molar-refractivity contribution in [2.24, 2.45) is 5.41 Å². The molecule has 0 fully saturated rings. The van der Waals surface area contributed by atoms with Crippen LogP contribution in [-0.2, 0) is 9.59 Å². The first-order valence-electron chi connectivity index (χ1n) is 10.4. The Hall–Kier alpha value is -3.74. The molecule has 1 heterocycles. The number of nitrogens with zero attached hydrogens (tertiary/aromatic N) is 1. The molecule has 0 spiro atoms. The summed E-state index contributed by atoms with van der Waals surface area (Å²) in [6.07, 6.45) is 0. The third-order valence-corrected chi connectivity index (χ3v) is 5.03. The Morgan fingerprint density at radius 3 is 2.25 bits per heavy atom. The number of carbonyl (C=O) groups is 3. The summed E-state index contributed by atoms with van der Waals surface area (Å²) in [6.45, 7) is 8.84. The van der Waals surface area contributed by atoms with Crippen LogP contribution >= 0.6 is 0 Å². The second kappa shape index (κ2) is 9.18. The number of nitrogens with one attached hydrogen (secondary N) is 3. The molecule has 0 aliphatic rings. The topological polar surface area (TPSA) is 100 Å². The number of aromatic nitrogens is 1. The fraction of sp³-hybridized carbons (Fsp3) is 0.280. The lowest BCUT2D eigenvalue weighted by atomic mass is 9.95. The van der Waals surface area contributed by atoms with Gasteiger partial charge in [0.25, 0.3) is 11.8 Å². The molecular weight excluding hydrogens is 404 g/mol. The van der Waals surface area contributed by atoms with E-state index in [1.165, 1.54) is 0 Å². The molecule has 0 saturated heterocycles. The van der Waals surface area contributed by atoms with Crippen molar-refractivity contribution in [1.82, 2.24) is 21.2 Å². The number of hydrogen-bond donors (Lipinski definition) is 3. The van der Waals surface area contributed by atoms with Gasteiger partial charge in [-0.2, -0.15) is 0 Å². The highest BCUT2D eigenvalue weighted by atomic mass is 16.2. The van der Waals surface area contributed by atoms with Crippen LogP contribution in [0.2, 0.25) is 0 Å². The van der Waals surface area contributed by atoms with Gasteiger partial charge in [-0.15, -0.1) is 0 Å². The van der Waals surface area contributed by atoms with Gasteiger partial charge in [-0.05, 0) is 26.0 Å². The van der Waals surface area contributed by atoms with E-state index >= 15 is 0 Å². The summed E-state index contributed by atoms with van der Waals surface area (Å²) in [5, 5.41) is 3.31. The SMILES string of the molecule is Cc1ccc(-c2cc(C(=O)NNC(=O)C(C)NC(=O)C(C)(C)C)c3ccccc3n2)cc1. The average Bonchev–Trinajstić information content (AvgIpc) is 2.76. The number of fused-ring (bicyclic) bond motifs is 1. The summed E-state index contributed by atoms with van der Waals surface area (Å²) in [5.74, 6) is -1.25. The predicted octanol–water partition coefficient (Wildman–Crippen LogP) is 3.52. The largest absolute Gasteiger partial charge is 0.344 e. The molecule has 3 amide bonds. The van der Waals surface area contributed by atoms with E-state index in [-0.39, 0.29) is 5.91 Å². The molecule has 0 saturated carbocycles. The summed E-state index contributed by atoms with van der Waals surface area (Å²) < 4.78 is 0. The third kappa shape index (κ3) is 5.29. The van der Waals surface area contributed by atoms with Crippen LogP contribution in [-0.4, -0.2) is 28.7 Å². The fourth-order valence-corrected chi connectivity index (χ4v) is 3.01. The molecule has 7 heteroatoms. The van der Waals surface area contributed by atoms with E-state index in [0.29, 0.717) is 22.2 Å². The number of aryl methyl sites for hydroxylation is 1. The van der Waals surface area contributed by atoms with Gasteiger partial charge < -0.3 is 5.32 Å². The molecule has 0 aliphatic carbocycles. The lowest BCUT2D eigenvalue weighted by molar-refractivity contribution is -0.133. The van der Waals surface area contributed by atoms with Gasteiger partial charge in [0, 0.05) is 16.4 Å². The first-order chi connectivity index (χ1) is 15.1. The lowest BCUT2D eigenvalue weighted by Crippen LogP contribution is -2.52. The Labute approximate surface area is 187 Å². The van der Waals surface area contributed by atoms with Crippen molar-refractivity contribution in [3.05, 3.63) is 65.7 Å². The molecule has 1 aromatic heterocycles. The van der Waals surface area contributed by atoms with Crippen molar-refractivity contribution < 1.29 is 14.4 Å². The lowest BCUT2D eigenvalue weighted by Gasteiger charge is -2.21. The maximum Gasteiger partial charge on any atom is 0.270 e. The average molecular weight is 433 g/mol. The summed E-state index contributed by atoms with van der Waals surface area (Å²) in [5.41, 5.74) is 7.96. The number of carbonyl (C=O) groups excluding carboxylic acids is 3. The van der Waals surface area contributed by atoms with Crippen molar-refractivity contribution in [3.63, 3.8) is 0 Å². The Bertz CT molecular complexity index is 1160. The molecule has 0 bridgehead atoms. The van der Waals surface area contributed by atoms with E-state index in [1.807, 2.05) is 55.5 Å². The normalized spacial score (nSPS) is 12.2. The van der Waals surface area contributed by atoms with Crippen LogP contribution < -0.4 is 16.2 Å².